The van der Waals surface area contributed by atoms with Gasteiger partial charge in [-0.05, 0) is 37.1 Å². The number of halogens is 1. The quantitative estimate of drug-likeness (QED) is 0.942. The van der Waals surface area contributed by atoms with Crippen molar-refractivity contribution in [2.24, 2.45) is 7.05 Å². The van der Waals surface area contributed by atoms with E-state index in [2.05, 4.69) is 33.3 Å². The fourth-order valence-electron chi connectivity index (χ4n) is 1.99. The number of aryl methyl sites for hydroxylation is 3. The molecule has 0 aliphatic rings. The van der Waals surface area contributed by atoms with Crippen LogP contribution in [0, 0.1) is 6.92 Å². The summed E-state index contributed by atoms with van der Waals surface area (Å²) in [5.74, 6) is -0.123. The van der Waals surface area contributed by atoms with Crippen molar-refractivity contribution in [3.63, 3.8) is 0 Å². The summed E-state index contributed by atoms with van der Waals surface area (Å²) in [4.78, 5) is 12.2. The number of nitrogens with zero attached hydrogens (tertiary/aromatic N) is 2. The van der Waals surface area contributed by atoms with Crippen LogP contribution in [-0.2, 0) is 13.5 Å². The Morgan fingerprint density at radius 2 is 2.21 bits per heavy atom. The van der Waals surface area contributed by atoms with Crippen LogP contribution in [0.2, 0.25) is 0 Å². The van der Waals surface area contributed by atoms with Crippen molar-refractivity contribution in [3.05, 3.63) is 45.7 Å². The van der Waals surface area contributed by atoms with E-state index in [-0.39, 0.29) is 5.91 Å². The molecule has 1 heterocycles. The van der Waals surface area contributed by atoms with Gasteiger partial charge >= 0.3 is 0 Å². The zero-order chi connectivity index (χ0) is 14.0. The van der Waals surface area contributed by atoms with Gasteiger partial charge in [0.2, 0.25) is 0 Å². The van der Waals surface area contributed by atoms with E-state index in [1.165, 1.54) is 0 Å². The lowest BCUT2D eigenvalue weighted by molar-refractivity contribution is 0.102. The first-order valence-corrected chi connectivity index (χ1v) is 6.90. The van der Waals surface area contributed by atoms with Gasteiger partial charge in [0.1, 0.15) is 0 Å². The van der Waals surface area contributed by atoms with Crippen LogP contribution in [0.15, 0.2) is 28.9 Å². The number of rotatable bonds is 3. The molecular weight excluding hydrogens is 306 g/mol. The maximum atomic E-state index is 12.2. The van der Waals surface area contributed by atoms with Gasteiger partial charge in [-0.1, -0.05) is 22.9 Å². The molecule has 2 rings (SSSR count). The lowest BCUT2D eigenvalue weighted by atomic mass is 10.1. The molecule has 19 heavy (non-hydrogen) atoms. The van der Waals surface area contributed by atoms with Gasteiger partial charge < -0.3 is 5.32 Å². The van der Waals surface area contributed by atoms with Gasteiger partial charge in [0.15, 0.2) is 0 Å². The number of amides is 1. The summed E-state index contributed by atoms with van der Waals surface area (Å²) in [6, 6.07) is 5.85. The van der Waals surface area contributed by atoms with Crippen LogP contribution in [-0.4, -0.2) is 15.7 Å². The second-order valence-corrected chi connectivity index (χ2v) is 5.33. The highest BCUT2D eigenvalue weighted by molar-refractivity contribution is 9.10. The van der Waals surface area contributed by atoms with Crippen LogP contribution in [0.4, 0.5) is 5.69 Å². The first kappa shape index (κ1) is 13.8. The van der Waals surface area contributed by atoms with E-state index in [0.29, 0.717) is 5.56 Å². The second kappa shape index (κ2) is 5.57. The van der Waals surface area contributed by atoms with Crippen LogP contribution in [0.5, 0.6) is 0 Å². The highest BCUT2D eigenvalue weighted by Gasteiger charge is 2.13. The molecule has 5 heteroatoms. The molecule has 2 aromatic rings. The Hall–Kier alpha value is -1.62. The molecule has 0 fully saturated rings. The van der Waals surface area contributed by atoms with E-state index in [1.807, 2.05) is 25.1 Å². The van der Waals surface area contributed by atoms with Gasteiger partial charge in [-0.25, -0.2) is 0 Å². The fourth-order valence-corrected chi connectivity index (χ4v) is 2.40. The van der Waals surface area contributed by atoms with Crippen molar-refractivity contribution < 1.29 is 4.79 Å². The molecule has 1 amide bonds. The van der Waals surface area contributed by atoms with Gasteiger partial charge in [0, 0.05) is 23.4 Å². The second-order valence-electron chi connectivity index (χ2n) is 4.41. The van der Waals surface area contributed by atoms with E-state index in [1.54, 1.807) is 17.9 Å². The zero-order valence-corrected chi connectivity index (χ0v) is 12.8. The molecule has 1 aromatic carbocycles. The summed E-state index contributed by atoms with van der Waals surface area (Å²) in [5, 5.41) is 7.12. The third kappa shape index (κ3) is 3.04. The predicted molar refractivity (Wildman–Crippen MR) is 79.4 cm³/mol. The van der Waals surface area contributed by atoms with E-state index < -0.39 is 0 Å². The molecule has 0 unspecified atom stereocenters. The van der Waals surface area contributed by atoms with Crippen molar-refractivity contribution in [2.75, 3.05) is 5.32 Å². The molecule has 1 aromatic heterocycles. The van der Waals surface area contributed by atoms with E-state index >= 15 is 0 Å². The van der Waals surface area contributed by atoms with Gasteiger partial charge in [0.25, 0.3) is 5.91 Å². The Morgan fingerprint density at radius 3 is 2.79 bits per heavy atom. The number of hydrogen-bond acceptors (Lipinski definition) is 2. The molecule has 0 aliphatic carbocycles. The van der Waals surface area contributed by atoms with E-state index in [4.69, 9.17) is 0 Å². The van der Waals surface area contributed by atoms with Crippen LogP contribution >= 0.6 is 15.9 Å². The van der Waals surface area contributed by atoms with E-state index in [9.17, 15) is 4.79 Å². The lowest BCUT2D eigenvalue weighted by Gasteiger charge is -2.10. The number of hydrogen-bond donors (Lipinski definition) is 1. The number of anilines is 1. The van der Waals surface area contributed by atoms with Crippen molar-refractivity contribution in [1.82, 2.24) is 9.78 Å². The molecule has 0 radical (unpaired) electrons. The van der Waals surface area contributed by atoms with Gasteiger partial charge in [-0.3, -0.25) is 9.48 Å². The van der Waals surface area contributed by atoms with Crippen molar-refractivity contribution in [1.29, 1.82) is 0 Å². The van der Waals surface area contributed by atoms with Gasteiger partial charge in [-0.2, -0.15) is 5.10 Å². The van der Waals surface area contributed by atoms with Crippen molar-refractivity contribution in [3.8, 4) is 0 Å². The summed E-state index contributed by atoms with van der Waals surface area (Å²) in [6.07, 6.45) is 2.59. The summed E-state index contributed by atoms with van der Waals surface area (Å²) in [5.41, 5.74) is 3.28. The number of carbonyl (C=O) groups excluding carboxylic acids is 1. The number of aromatic nitrogens is 2. The number of nitrogens with one attached hydrogen (secondary N) is 1. The highest BCUT2D eigenvalue weighted by Crippen LogP contribution is 2.22. The largest absolute Gasteiger partial charge is 0.322 e. The Morgan fingerprint density at radius 1 is 1.47 bits per heavy atom. The Labute approximate surface area is 120 Å². The highest BCUT2D eigenvalue weighted by atomic mass is 79.9. The maximum absolute atomic E-state index is 12.2. The minimum Gasteiger partial charge on any atom is -0.322 e. The van der Waals surface area contributed by atoms with Gasteiger partial charge in [0.05, 0.1) is 11.3 Å². The van der Waals surface area contributed by atoms with Crippen LogP contribution in [0.25, 0.3) is 0 Å². The van der Waals surface area contributed by atoms with Crippen LogP contribution in [0.1, 0.15) is 28.5 Å². The average molecular weight is 322 g/mol. The molecule has 0 saturated carbocycles. The summed E-state index contributed by atoms with van der Waals surface area (Å²) in [6.45, 7) is 3.89. The molecule has 0 aliphatic heterocycles. The van der Waals surface area contributed by atoms with Crippen molar-refractivity contribution >= 4 is 27.5 Å². The molecule has 100 valence electrons. The molecule has 0 saturated heterocycles. The smallest absolute Gasteiger partial charge is 0.259 e. The summed E-state index contributed by atoms with van der Waals surface area (Å²) in [7, 11) is 1.81. The minimum absolute atomic E-state index is 0.123. The topological polar surface area (TPSA) is 46.9 Å². The molecule has 1 N–H and O–H groups in total. The third-order valence-corrected chi connectivity index (χ3v) is 3.45. The Kier molecular flexibility index (Phi) is 4.04. The number of carbonyl (C=O) groups is 1. The Balaban J connectivity index is 2.26. The summed E-state index contributed by atoms with van der Waals surface area (Å²) < 4.78 is 2.66. The third-order valence-electron chi connectivity index (χ3n) is 2.95. The van der Waals surface area contributed by atoms with Crippen LogP contribution in [0.3, 0.4) is 0 Å². The number of benzene rings is 1. The summed E-state index contributed by atoms with van der Waals surface area (Å²) >= 11 is 3.44. The maximum Gasteiger partial charge on any atom is 0.259 e. The monoisotopic (exact) mass is 321 g/mol. The first-order valence-electron chi connectivity index (χ1n) is 6.11. The lowest BCUT2D eigenvalue weighted by Crippen LogP contribution is -2.13. The molecule has 0 spiro atoms. The van der Waals surface area contributed by atoms with Crippen molar-refractivity contribution in [2.45, 2.75) is 20.3 Å². The molecular formula is C14H16BrN3O. The predicted octanol–water partition coefficient (Wildman–Crippen LogP) is 3.31. The normalized spacial score (nSPS) is 10.5. The zero-order valence-electron chi connectivity index (χ0n) is 11.2. The van der Waals surface area contributed by atoms with E-state index in [0.717, 1.165) is 27.8 Å². The molecule has 0 atom stereocenters. The van der Waals surface area contributed by atoms with Gasteiger partial charge in [-0.15, -0.1) is 0 Å². The fraction of sp³-hybridized carbons (Fsp3) is 0.286. The first-order chi connectivity index (χ1) is 9.01. The average Bonchev–Trinajstić information content (AvgIpc) is 2.70. The minimum atomic E-state index is -0.123. The SMILES string of the molecule is CCc1cc(Br)ccc1NC(=O)c1cn(C)nc1C. The standard InChI is InChI=1S/C14H16BrN3O/c1-4-10-7-11(15)5-6-13(10)16-14(19)12-8-18(3)17-9(12)2/h5-8H,4H2,1-3H3,(H,16,19). The molecule has 4 nitrogen and oxygen atoms in total. The van der Waals surface area contributed by atoms with Crippen LogP contribution < -0.4 is 5.32 Å². The molecule has 0 bridgehead atoms. The Bertz CT molecular complexity index is 619.